The van der Waals surface area contributed by atoms with Crippen molar-refractivity contribution in [3.63, 3.8) is 0 Å². The molecule has 1 aromatic carbocycles. The number of hydrogen-bond acceptors (Lipinski definition) is 5. The molecule has 2 heterocycles. The van der Waals surface area contributed by atoms with Crippen LogP contribution in [0.4, 0.5) is 5.95 Å². The van der Waals surface area contributed by atoms with Crippen LogP contribution in [0.1, 0.15) is 37.1 Å². The van der Waals surface area contributed by atoms with Crippen LogP contribution >= 0.6 is 0 Å². The Bertz CT molecular complexity index is 739. The fraction of sp³-hybridized carbons (Fsp3) is 0.524. The third kappa shape index (κ3) is 3.83. The molecule has 4 rings (SSSR count). The normalized spacial score (nSPS) is 17.6. The summed E-state index contributed by atoms with van der Waals surface area (Å²) < 4.78 is 6.00. The highest BCUT2D eigenvalue weighted by molar-refractivity contribution is 5.43. The summed E-state index contributed by atoms with van der Waals surface area (Å²) in [7, 11) is 0. The van der Waals surface area contributed by atoms with E-state index >= 15 is 0 Å². The van der Waals surface area contributed by atoms with E-state index in [1.54, 1.807) is 0 Å². The lowest BCUT2D eigenvalue weighted by Gasteiger charge is -2.35. The minimum atomic E-state index is 0.144. The van der Waals surface area contributed by atoms with E-state index in [2.05, 4.69) is 54.0 Å². The van der Waals surface area contributed by atoms with Crippen LogP contribution < -0.4 is 9.64 Å². The van der Waals surface area contributed by atoms with Gasteiger partial charge in [0.05, 0.1) is 11.8 Å². The quantitative estimate of drug-likeness (QED) is 0.827. The number of rotatable bonds is 5. The van der Waals surface area contributed by atoms with Crippen molar-refractivity contribution in [1.82, 2.24) is 14.9 Å². The molecule has 138 valence electrons. The Hall–Kier alpha value is -2.14. The van der Waals surface area contributed by atoms with Crippen molar-refractivity contribution in [3.05, 3.63) is 47.2 Å². The second-order valence-corrected chi connectivity index (χ2v) is 7.52. The van der Waals surface area contributed by atoms with Crippen molar-refractivity contribution < 1.29 is 4.74 Å². The Morgan fingerprint density at radius 3 is 2.50 bits per heavy atom. The van der Waals surface area contributed by atoms with Gasteiger partial charge in [-0.25, -0.2) is 4.98 Å². The van der Waals surface area contributed by atoms with E-state index in [0.717, 1.165) is 63.8 Å². The average molecular weight is 352 g/mol. The van der Waals surface area contributed by atoms with Gasteiger partial charge in [-0.1, -0.05) is 30.3 Å². The van der Waals surface area contributed by atoms with E-state index in [-0.39, 0.29) is 6.10 Å². The lowest BCUT2D eigenvalue weighted by atomic mass is 10.2. The van der Waals surface area contributed by atoms with Gasteiger partial charge in [-0.3, -0.25) is 4.90 Å². The number of nitrogens with zero attached hydrogens (tertiary/aromatic N) is 4. The van der Waals surface area contributed by atoms with Crippen molar-refractivity contribution in [3.8, 4) is 5.88 Å². The average Bonchev–Trinajstić information content (AvgIpc) is 3.12. The van der Waals surface area contributed by atoms with Crippen molar-refractivity contribution >= 4 is 5.95 Å². The summed E-state index contributed by atoms with van der Waals surface area (Å²) in [5.74, 6) is 1.66. The summed E-state index contributed by atoms with van der Waals surface area (Å²) in [6, 6.07) is 10.7. The molecule has 26 heavy (non-hydrogen) atoms. The summed E-state index contributed by atoms with van der Waals surface area (Å²) in [4.78, 5) is 14.5. The van der Waals surface area contributed by atoms with Crippen LogP contribution in [-0.2, 0) is 19.4 Å². The predicted octanol–water partition coefficient (Wildman–Crippen LogP) is 3.07. The third-order valence-corrected chi connectivity index (χ3v) is 5.13. The molecule has 1 fully saturated rings. The topological polar surface area (TPSA) is 41.5 Å². The number of aromatic nitrogens is 2. The minimum Gasteiger partial charge on any atom is -0.475 e. The molecule has 1 saturated heterocycles. The van der Waals surface area contributed by atoms with Gasteiger partial charge in [0.25, 0.3) is 0 Å². The van der Waals surface area contributed by atoms with E-state index in [0.29, 0.717) is 0 Å². The first-order valence-electron chi connectivity index (χ1n) is 9.77. The van der Waals surface area contributed by atoms with Gasteiger partial charge >= 0.3 is 0 Å². The number of benzene rings is 1. The van der Waals surface area contributed by atoms with E-state index in [4.69, 9.17) is 14.7 Å². The highest BCUT2D eigenvalue weighted by Gasteiger charge is 2.25. The van der Waals surface area contributed by atoms with Crippen LogP contribution in [0.3, 0.4) is 0 Å². The second-order valence-electron chi connectivity index (χ2n) is 7.52. The number of anilines is 1. The number of aryl methyl sites for hydroxylation is 1. The van der Waals surface area contributed by atoms with Crippen LogP contribution in [0.25, 0.3) is 0 Å². The summed E-state index contributed by atoms with van der Waals surface area (Å²) in [6.07, 6.45) is 3.40. The Morgan fingerprint density at radius 1 is 1.00 bits per heavy atom. The number of fused-ring (bicyclic) bond motifs is 1. The number of hydrogen-bond donors (Lipinski definition) is 0. The molecule has 0 N–H and O–H groups in total. The Kier molecular flexibility index (Phi) is 5.07. The summed E-state index contributed by atoms with van der Waals surface area (Å²) >= 11 is 0. The predicted molar refractivity (Wildman–Crippen MR) is 104 cm³/mol. The van der Waals surface area contributed by atoms with Crippen molar-refractivity contribution in [2.24, 2.45) is 0 Å². The monoisotopic (exact) mass is 352 g/mol. The molecule has 2 aromatic rings. The maximum Gasteiger partial charge on any atom is 0.228 e. The standard InChI is InChI=1S/C21H28N4O/c1-16(2)26-20-18-9-6-10-19(18)22-21(23-20)25-13-11-24(12-14-25)15-17-7-4-3-5-8-17/h3-5,7-8,16H,6,9-15H2,1-2H3. The SMILES string of the molecule is CC(C)Oc1nc(N2CCN(Cc3ccccc3)CC2)nc2c1CCC2. The molecule has 0 amide bonds. The first kappa shape index (κ1) is 17.3. The zero-order valence-electron chi connectivity index (χ0n) is 15.8. The highest BCUT2D eigenvalue weighted by atomic mass is 16.5. The molecular formula is C21H28N4O. The van der Waals surface area contributed by atoms with Gasteiger partial charge in [-0.2, -0.15) is 4.98 Å². The number of piperazine rings is 1. The lowest BCUT2D eigenvalue weighted by molar-refractivity contribution is 0.228. The molecule has 1 aromatic heterocycles. The van der Waals surface area contributed by atoms with Gasteiger partial charge in [-0.15, -0.1) is 0 Å². The van der Waals surface area contributed by atoms with E-state index in [1.807, 2.05) is 0 Å². The summed E-state index contributed by atoms with van der Waals surface area (Å²) in [6.45, 7) is 9.14. The first-order chi connectivity index (χ1) is 12.7. The molecule has 2 aliphatic rings. The van der Waals surface area contributed by atoms with Crippen molar-refractivity contribution in [1.29, 1.82) is 0 Å². The molecule has 1 aliphatic heterocycles. The van der Waals surface area contributed by atoms with Crippen molar-refractivity contribution in [2.75, 3.05) is 31.1 Å². The van der Waals surface area contributed by atoms with E-state index in [9.17, 15) is 0 Å². The fourth-order valence-electron chi connectivity index (χ4n) is 3.80. The van der Waals surface area contributed by atoms with Crippen LogP contribution in [0.5, 0.6) is 5.88 Å². The zero-order chi connectivity index (χ0) is 17.9. The van der Waals surface area contributed by atoms with Gasteiger partial charge in [0.1, 0.15) is 0 Å². The van der Waals surface area contributed by atoms with E-state index in [1.165, 1.54) is 16.8 Å². The van der Waals surface area contributed by atoms with Gasteiger partial charge in [-0.05, 0) is 38.7 Å². The van der Waals surface area contributed by atoms with Gasteiger partial charge in [0, 0.05) is 38.3 Å². The smallest absolute Gasteiger partial charge is 0.228 e. The highest BCUT2D eigenvalue weighted by Crippen LogP contribution is 2.31. The summed E-state index contributed by atoms with van der Waals surface area (Å²) in [5, 5.41) is 0. The largest absolute Gasteiger partial charge is 0.475 e. The van der Waals surface area contributed by atoms with Crippen LogP contribution in [0.2, 0.25) is 0 Å². The molecule has 0 atom stereocenters. The lowest BCUT2D eigenvalue weighted by Crippen LogP contribution is -2.46. The Labute approximate surface area is 156 Å². The van der Waals surface area contributed by atoms with Crippen molar-refractivity contribution in [2.45, 2.75) is 45.8 Å². The van der Waals surface area contributed by atoms with Gasteiger partial charge in [0.15, 0.2) is 0 Å². The maximum absolute atomic E-state index is 6.00. The van der Waals surface area contributed by atoms with Gasteiger partial charge < -0.3 is 9.64 Å². The first-order valence-corrected chi connectivity index (χ1v) is 9.77. The fourth-order valence-corrected chi connectivity index (χ4v) is 3.80. The van der Waals surface area contributed by atoms with Crippen LogP contribution in [0.15, 0.2) is 30.3 Å². The molecule has 0 unspecified atom stereocenters. The van der Waals surface area contributed by atoms with Crippen LogP contribution in [0, 0.1) is 0 Å². The molecule has 5 nitrogen and oxygen atoms in total. The van der Waals surface area contributed by atoms with Crippen LogP contribution in [-0.4, -0.2) is 47.2 Å². The molecular weight excluding hydrogens is 324 g/mol. The van der Waals surface area contributed by atoms with Gasteiger partial charge in [0.2, 0.25) is 11.8 Å². The molecule has 0 radical (unpaired) electrons. The maximum atomic E-state index is 6.00. The molecule has 0 spiro atoms. The second kappa shape index (κ2) is 7.62. The Morgan fingerprint density at radius 2 is 1.77 bits per heavy atom. The Balaban J connectivity index is 1.44. The number of ether oxygens (including phenoxy) is 1. The summed E-state index contributed by atoms with van der Waals surface area (Å²) in [5.41, 5.74) is 3.80. The molecule has 5 heteroatoms. The minimum absolute atomic E-state index is 0.144. The molecule has 0 saturated carbocycles. The molecule has 1 aliphatic carbocycles. The van der Waals surface area contributed by atoms with E-state index < -0.39 is 0 Å². The zero-order valence-corrected chi connectivity index (χ0v) is 15.8. The third-order valence-electron chi connectivity index (χ3n) is 5.13. The molecule has 0 bridgehead atoms.